The largest absolute Gasteiger partial charge is 0.416 e. The Morgan fingerprint density at radius 2 is 1.56 bits per heavy atom. The first-order valence-corrected chi connectivity index (χ1v) is 14.4. The van der Waals surface area contributed by atoms with Crippen LogP contribution >= 0.6 is 0 Å². The minimum absolute atomic E-state index is 0.0413. The molecule has 2 heterocycles. The van der Waals surface area contributed by atoms with Gasteiger partial charge in [0.25, 0.3) is 5.91 Å². The first-order chi connectivity index (χ1) is 20.3. The summed E-state index contributed by atoms with van der Waals surface area (Å²) in [7, 11) is 0. The fourth-order valence-electron chi connectivity index (χ4n) is 5.55. The van der Waals surface area contributed by atoms with Crippen molar-refractivity contribution in [2.24, 2.45) is 0 Å². The van der Waals surface area contributed by atoms with E-state index in [-0.39, 0.29) is 12.6 Å². The lowest BCUT2D eigenvalue weighted by Gasteiger charge is -2.41. The van der Waals surface area contributed by atoms with Crippen molar-refractivity contribution in [1.29, 1.82) is 0 Å². The molecule has 2 aliphatic heterocycles. The Balaban J connectivity index is 1.56. The molecular weight excluding hydrogens is 572 g/mol. The van der Waals surface area contributed by atoms with Gasteiger partial charge in [-0.05, 0) is 61.6 Å². The van der Waals surface area contributed by atoms with Crippen LogP contribution in [0.15, 0.2) is 36.4 Å². The van der Waals surface area contributed by atoms with E-state index in [2.05, 4.69) is 28.6 Å². The molecule has 2 aliphatic rings. The second-order valence-corrected chi connectivity index (χ2v) is 11.3. The third-order valence-corrected chi connectivity index (χ3v) is 8.24. The molecule has 2 fully saturated rings. The lowest BCUT2D eigenvalue weighted by molar-refractivity contribution is -0.143. The monoisotopic (exact) mass is 609 g/mol. The zero-order valence-corrected chi connectivity index (χ0v) is 24.6. The molecule has 2 aromatic carbocycles. The number of morpholine rings is 1. The molecule has 2 aromatic rings. The first kappa shape index (κ1) is 32.8. The Hall–Kier alpha value is -3.07. The number of amides is 1. The smallest absolute Gasteiger partial charge is 0.378 e. The standard InChI is InChI=1S/C32H37F6N3O2/c1-4-28-21-43-14-13-40(28)10-6-5-9-39-11-12-41(29(20-39)16-24-8-7-22(2)23(3)15-24)30(42)25-17-26(31(33,34)35)19-27(18-25)32(36,37)38/h7-8,15,17-19,28-29H,4,9-14,16,20-21H2,1-3H3/t28-,29+/m0/s1. The molecule has 0 spiro atoms. The number of rotatable bonds is 6. The quantitative estimate of drug-likeness (QED) is 0.306. The molecule has 0 saturated carbocycles. The summed E-state index contributed by atoms with van der Waals surface area (Å²) < 4.78 is 86.6. The van der Waals surface area contributed by atoms with Crippen LogP contribution < -0.4 is 0 Å². The van der Waals surface area contributed by atoms with Crippen LogP contribution in [-0.2, 0) is 23.5 Å². The van der Waals surface area contributed by atoms with Crippen LogP contribution in [0.2, 0.25) is 0 Å². The predicted octanol–water partition coefficient (Wildman–Crippen LogP) is 5.82. The van der Waals surface area contributed by atoms with Crippen molar-refractivity contribution in [3.05, 3.63) is 69.8 Å². The number of carbonyl (C=O) groups is 1. The van der Waals surface area contributed by atoms with Gasteiger partial charge in [-0.15, -0.1) is 0 Å². The van der Waals surface area contributed by atoms with Crippen LogP contribution in [0.25, 0.3) is 0 Å². The third-order valence-electron chi connectivity index (χ3n) is 8.24. The first-order valence-electron chi connectivity index (χ1n) is 14.4. The van der Waals surface area contributed by atoms with Gasteiger partial charge in [-0.1, -0.05) is 37.0 Å². The second kappa shape index (κ2) is 13.7. The van der Waals surface area contributed by atoms with Crippen molar-refractivity contribution in [3.8, 4) is 11.8 Å². The van der Waals surface area contributed by atoms with Crippen molar-refractivity contribution >= 4 is 5.91 Å². The molecule has 0 N–H and O–H groups in total. The number of nitrogens with zero attached hydrogens (tertiary/aromatic N) is 3. The molecule has 0 unspecified atom stereocenters. The van der Waals surface area contributed by atoms with Crippen molar-refractivity contribution in [1.82, 2.24) is 14.7 Å². The predicted molar refractivity (Wildman–Crippen MR) is 152 cm³/mol. The number of ether oxygens (including phenoxy) is 1. The van der Waals surface area contributed by atoms with Gasteiger partial charge in [0.2, 0.25) is 0 Å². The summed E-state index contributed by atoms with van der Waals surface area (Å²) in [6, 6.07) is 6.80. The lowest BCUT2D eigenvalue weighted by atomic mass is 9.97. The van der Waals surface area contributed by atoms with Gasteiger partial charge in [-0.3, -0.25) is 14.6 Å². The van der Waals surface area contributed by atoms with Gasteiger partial charge < -0.3 is 9.64 Å². The number of piperazine rings is 1. The molecule has 4 rings (SSSR count). The summed E-state index contributed by atoms with van der Waals surface area (Å²) in [6.45, 7) is 10.2. The lowest BCUT2D eigenvalue weighted by Crippen LogP contribution is -2.56. The highest BCUT2D eigenvalue weighted by Crippen LogP contribution is 2.37. The maximum atomic E-state index is 13.6. The molecule has 0 aliphatic carbocycles. The molecule has 5 nitrogen and oxygen atoms in total. The number of alkyl halides is 6. The maximum Gasteiger partial charge on any atom is 0.416 e. The number of benzene rings is 2. The average Bonchev–Trinajstić information content (AvgIpc) is 2.96. The Morgan fingerprint density at radius 1 is 0.884 bits per heavy atom. The van der Waals surface area contributed by atoms with Gasteiger partial charge in [-0.25, -0.2) is 0 Å². The van der Waals surface area contributed by atoms with Crippen LogP contribution in [0.3, 0.4) is 0 Å². The van der Waals surface area contributed by atoms with Crippen LogP contribution in [-0.4, -0.2) is 85.2 Å². The van der Waals surface area contributed by atoms with E-state index in [4.69, 9.17) is 4.74 Å². The highest BCUT2D eigenvalue weighted by atomic mass is 19.4. The molecule has 11 heteroatoms. The summed E-state index contributed by atoms with van der Waals surface area (Å²) in [5.74, 6) is 5.59. The Bertz CT molecular complexity index is 1320. The van der Waals surface area contributed by atoms with Crippen LogP contribution in [0.5, 0.6) is 0 Å². The fraction of sp³-hybridized carbons (Fsp3) is 0.531. The summed E-state index contributed by atoms with van der Waals surface area (Å²) in [6.07, 6.45) is -8.71. The van der Waals surface area contributed by atoms with Crippen LogP contribution in [0, 0.1) is 25.7 Å². The van der Waals surface area contributed by atoms with Crippen molar-refractivity contribution in [2.75, 3.05) is 52.5 Å². The normalized spacial score (nSPS) is 20.5. The number of aryl methyl sites for hydroxylation is 2. The molecule has 43 heavy (non-hydrogen) atoms. The highest BCUT2D eigenvalue weighted by molar-refractivity contribution is 5.95. The number of hydrogen-bond donors (Lipinski definition) is 0. The topological polar surface area (TPSA) is 36.0 Å². The van der Waals surface area contributed by atoms with Gasteiger partial charge in [0.1, 0.15) is 0 Å². The van der Waals surface area contributed by atoms with Crippen molar-refractivity contribution in [2.45, 2.75) is 58.0 Å². The SMILES string of the molecule is CC[C@H]1COCCN1CC#CCN1CCN(C(=O)c2cc(C(F)(F)F)cc(C(F)(F)F)c2)[C@H](Cc2ccc(C)c(C)c2)C1. The van der Waals surface area contributed by atoms with Gasteiger partial charge in [0.05, 0.1) is 37.4 Å². The van der Waals surface area contributed by atoms with E-state index in [0.29, 0.717) is 64.0 Å². The average molecular weight is 610 g/mol. The van der Waals surface area contributed by atoms with E-state index in [0.717, 1.165) is 29.7 Å². The van der Waals surface area contributed by atoms with E-state index < -0.39 is 41.0 Å². The summed E-state index contributed by atoms with van der Waals surface area (Å²) in [5, 5.41) is 0. The van der Waals surface area contributed by atoms with E-state index in [1.165, 1.54) is 4.90 Å². The molecule has 1 amide bonds. The van der Waals surface area contributed by atoms with Gasteiger partial charge in [0.15, 0.2) is 0 Å². The van der Waals surface area contributed by atoms with Gasteiger partial charge in [-0.2, -0.15) is 26.3 Å². The Morgan fingerprint density at radius 3 is 2.19 bits per heavy atom. The van der Waals surface area contributed by atoms with Crippen molar-refractivity contribution < 1.29 is 35.9 Å². The summed E-state index contributed by atoms with van der Waals surface area (Å²) in [4.78, 5) is 19.4. The fourth-order valence-corrected chi connectivity index (χ4v) is 5.55. The minimum atomic E-state index is -5.04. The number of halogens is 6. The number of hydrogen-bond acceptors (Lipinski definition) is 4. The van der Waals surface area contributed by atoms with E-state index in [1.54, 1.807) is 0 Å². The van der Waals surface area contributed by atoms with E-state index >= 15 is 0 Å². The van der Waals surface area contributed by atoms with E-state index in [9.17, 15) is 31.1 Å². The zero-order chi connectivity index (χ0) is 31.4. The minimum Gasteiger partial charge on any atom is -0.378 e. The van der Waals surface area contributed by atoms with Gasteiger partial charge >= 0.3 is 12.4 Å². The molecule has 2 saturated heterocycles. The van der Waals surface area contributed by atoms with Gasteiger partial charge in [0, 0.05) is 43.8 Å². The van der Waals surface area contributed by atoms with E-state index in [1.807, 2.05) is 32.0 Å². The zero-order valence-electron chi connectivity index (χ0n) is 24.6. The molecule has 234 valence electrons. The Labute approximate surface area is 248 Å². The number of carbonyl (C=O) groups excluding carboxylic acids is 1. The van der Waals surface area contributed by atoms with Crippen LogP contribution in [0.4, 0.5) is 26.3 Å². The maximum absolute atomic E-state index is 13.6. The molecular formula is C32H37F6N3O2. The second-order valence-electron chi connectivity index (χ2n) is 11.3. The molecule has 2 atom stereocenters. The summed E-state index contributed by atoms with van der Waals surface area (Å²) >= 11 is 0. The molecule has 0 aromatic heterocycles. The summed E-state index contributed by atoms with van der Waals surface area (Å²) in [5.41, 5.74) is -0.568. The molecule has 0 radical (unpaired) electrons. The highest BCUT2D eigenvalue weighted by Gasteiger charge is 2.39. The Kier molecular flexibility index (Phi) is 10.5. The van der Waals surface area contributed by atoms with Crippen LogP contribution in [0.1, 0.15) is 51.5 Å². The third kappa shape index (κ3) is 8.52. The molecule has 0 bridgehead atoms. The van der Waals surface area contributed by atoms with Crippen molar-refractivity contribution in [3.63, 3.8) is 0 Å².